The average molecular weight is 312 g/mol. The van der Waals surface area contributed by atoms with E-state index in [1.807, 2.05) is 27.9 Å². The van der Waals surface area contributed by atoms with Crippen molar-refractivity contribution >= 4 is 6.09 Å². The van der Waals surface area contributed by atoms with E-state index in [4.69, 9.17) is 9.47 Å². The molecule has 2 saturated carbocycles. The van der Waals surface area contributed by atoms with Crippen LogP contribution in [0.5, 0.6) is 0 Å². The molecule has 0 aromatic heterocycles. The van der Waals surface area contributed by atoms with E-state index in [9.17, 15) is 4.79 Å². The Morgan fingerprint density at radius 2 is 1.64 bits per heavy atom. The van der Waals surface area contributed by atoms with Gasteiger partial charge in [0, 0.05) is 25.2 Å². The second-order valence-electron chi connectivity index (χ2n) is 7.67. The van der Waals surface area contributed by atoms with Crippen molar-refractivity contribution in [1.29, 1.82) is 0 Å². The van der Waals surface area contributed by atoms with E-state index in [1.54, 1.807) is 0 Å². The number of hydrogen-bond acceptors (Lipinski definition) is 4. The monoisotopic (exact) mass is 312 g/mol. The van der Waals surface area contributed by atoms with Crippen LogP contribution in [0.1, 0.15) is 65.7 Å². The predicted molar refractivity (Wildman–Crippen MR) is 87.0 cm³/mol. The summed E-state index contributed by atoms with van der Waals surface area (Å²) in [6, 6.07) is 1.30. The van der Waals surface area contributed by atoms with E-state index >= 15 is 0 Å². The van der Waals surface area contributed by atoms with E-state index in [1.165, 1.54) is 19.3 Å². The summed E-state index contributed by atoms with van der Waals surface area (Å²) in [5, 5.41) is 6.76. The molecule has 0 aliphatic heterocycles. The molecule has 2 N–H and O–H groups in total. The highest BCUT2D eigenvalue weighted by Gasteiger charge is 2.31. The molecular weight excluding hydrogens is 280 g/mol. The molecular formula is C17H32N2O3. The van der Waals surface area contributed by atoms with Crippen molar-refractivity contribution in [3.63, 3.8) is 0 Å². The van der Waals surface area contributed by atoms with Gasteiger partial charge in [-0.1, -0.05) is 0 Å². The summed E-state index contributed by atoms with van der Waals surface area (Å²) in [5.41, 5.74) is -0.430. The minimum Gasteiger partial charge on any atom is -0.444 e. The van der Waals surface area contributed by atoms with Gasteiger partial charge in [0.15, 0.2) is 0 Å². The number of amides is 1. The molecule has 1 amide bonds. The van der Waals surface area contributed by atoms with Gasteiger partial charge in [-0.05, 0) is 65.7 Å². The fraction of sp³-hybridized carbons (Fsp3) is 0.941. The zero-order valence-corrected chi connectivity index (χ0v) is 14.5. The maximum atomic E-state index is 11.8. The fourth-order valence-corrected chi connectivity index (χ4v) is 3.58. The number of hydrogen-bond donors (Lipinski definition) is 2. The Hall–Kier alpha value is -0.810. The molecule has 128 valence electrons. The summed E-state index contributed by atoms with van der Waals surface area (Å²) in [6.45, 7) is 5.67. The number of rotatable bonds is 4. The Morgan fingerprint density at radius 1 is 1.00 bits per heavy atom. The number of alkyl carbamates (subject to hydrolysis) is 1. The summed E-state index contributed by atoms with van der Waals surface area (Å²) < 4.78 is 10.9. The first kappa shape index (κ1) is 17.5. The molecule has 2 atom stereocenters. The van der Waals surface area contributed by atoms with Crippen LogP contribution in [0, 0.1) is 0 Å². The summed E-state index contributed by atoms with van der Waals surface area (Å²) in [4.78, 5) is 11.8. The fourth-order valence-electron chi connectivity index (χ4n) is 3.58. The van der Waals surface area contributed by atoms with Crippen LogP contribution in [-0.2, 0) is 9.47 Å². The molecule has 2 rings (SSSR count). The highest BCUT2D eigenvalue weighted by molar-refractivity contribution is 5.68. The molecule has 22 heavy (non-hydrogen) atoms. The van der Waals surface area contributed by atoms with Crippen molar-refractivity contribution in [3.05, 3.63) is 0 Å². The second kappa shape index (κ2) is 7.64. The third-order valence-electron chi connectivity index (χ3n) is 4.65. The lowest BCUT2D eigenvalue weighted by Crippen LogP contribution is -2.48. The van der Waals surface area contributed by atoms with Crippen LogP contribution in [0.15, 0.2) is 0 Å². The first-order valence-corrected chi connectivity index (χ1v) is 8.66. The van der Waals surface area contributed by atoms with Gasteiger partial charge in [0.1, 0.15) is 5.60 Å². The van der Waals surface area contributed by atoms with E-state index < -0.39 is 5.60 Å². The van der Waals surface area contributed by atoms with Gasteiger partial charge in [0.25, 0.3) is 0 Å². The van der Waals surface area contributed by atoms with Crippen molar-refractivity contribution in [2.24, 2.45) is 0 Å². The maximum Gasteiger partial charge on any atom is 0.407 e. The lowest BCUT2D eigenvalue weighted by molar-refractivity contribution is 0.0485. The Labute approximate surface area is 134 Å². The minimum absolute atomic E-state index is 0.245. The largest absolute Gasteiger partial charge is 0.444 e. The van der Waals surface area contributed by atoms with Gasteiger partial charge in [-0.15, -0.1) is 0 Å². The number of methoxy groups -OCH3 is 1. The van der Waals surface area contributed by atoms with E-state index in [0.29, 0.717) is 18.2 Å². The molecule has 0 radical (unpaired) electrons. The highest BCUT2D eigenvalue weighted by atomic mass is 16.6. The van der Waals surface area contributed by atoms with Crippen molar-refractivity contribution in [1.82, 2.24) is 10.6 Å². The maximum absolute atomic E-state index is 11.8. The molecule has 2 aliphatic rings. The van der Waals surface area contributed by atoms with Gasteiger partial charge >= 0.3 is 6.09 Å². The number of ether oxygens (including phenoxy) is 2. The van der Waals surface area contributed by atoms with Gasteiger partial charge in [0.05, 0.1) is 6.10 Å². The Kier molecular flexibility index (Phi) is 6.09. The van der Waals surface area contributed by atoms with E-state index in [-0.39, 0.29) is 12.1 Å². The molecule has 2 unspecified atom stereocenters. The first-order valence-electron chi connectivity index (χ1n) is 8.66. The topological polar surface area (TPSA) is 59.6 Å². The number of nitrogens with one attached hydrogen (secondary N) is 2. The molecule has 0 aromatic rings. The summed E-state index contributed by atoms with van der Waals surface area (Å²) >= 11 is 0. The van der Waals surface area contributed by atoms with E-state index in [0.717, 1.165) is 25.7 Å². The molecule has 2 fully saturated rings. The second-order valence-corrected chi connectivity index (χ2v) is 7.67. The molecule has 0 bridgehead atoms. The third-order valence-corrected chi connectivity index (χ3v) is 4.65. The third kappa shape index (κ3) is 5.43. The number of carbonyl (C=O) groups excluding carboxylic acids is 1. The lowest BCUT2D eigenvalue weighted by atomic mass is 9.90. The minimum atomic E-state index is -0.430. The normalized spacial score (nSPS) is 32.7. The molecule has 0 saturated heterocycles. The van der Waals surface area contributed by atoms with Crippen molar-refractivity contribution in [3.8, 4) is 0 Å². The molecule has 0 aromatic carbocycles. The molecule has 5 nitrogen and oxygen atoms in total. The molecule has 5 heteroatoms. The van der Waals surface area contributed by atoms with Crippen LogP contribution >= 0.6 is 0 Å². The van der Waals surface area contributed by atoms with Gasteiger partial charge in [-0.25, -0.2) is 4.79 Å². The van der Waals surface area contributed by atoms with Crippen LogP contribution in [-0.4, -0.2) is 43.0 Å². The van der Waals surface area contributed by atoms with Crippen molar-refractivity contribution in [2.75, 3.05) is 7.11 Å². The number of carbonyl (C=O) groups is 1. The SMILES string of the molecule is COC1CCCC1NC1CCC(NC(=O)OC(C)(C)C)CC1. The standard InChI is InChI=1S/C17H32N2O3/c1-17(2,3)22-16(20)19-13-10-8-12(9-11-13)18-14-6-5-7-15(14)21-4/h12-15,18H,5-11H2,1-4H3,(H,19,20). The Morgan fingerprint density at radius 3 is 2.23 bits per heavy atom. The highest BCUT2D eigenvalue weighted by Crippen LogP contribution is 2.25. The van der Waals surface area contributed by atoms with E-state index in [2.05, 4.69) is 10.6 Å². The van der Waals surface area contributed by atoms with Gasteiger partial charge in [-0.2, -0.15) is 0 Å². The van der Waals surface area contributed by atoms with Gasteiger partial charge in [0.2, 0.25) is 0 Å². The molecule has 0 spiro atoms. The zero-order valence-electron chi connectivity index (χ0n) is 14.5. The first-order chi connectivity index (χ1) is 10.4. The smallest absolute Gasteiger partial charge is 0.407 e. The van der Waals surface area contributed by atoms with Gasteiger partial charge in [-0.3, -0.25) is 0 Å². The summed E-state index contributed by atoms with van der Waals surface area (Å²) in [7, 11) is 1.81. The summed E-state index contributed by atoms with van der Waals surface area (Å²) in [6.07, 6.45) is 7.96. The van der Waals surface area contributed by atoms with Crippen LogP contribution in [0.4, 0.5) is 4.79 Å². The van der Waals surface area contributed by atoms with Crippen molar-refractivity contribution in [2.45, 2.75) is 95.5 Å². The van der Waals surface area contributed by atoms with Crippen LogP contribution in [0.3, 0.4) is 0 Å². The Bertz CT molecular complexity index is 359. The lowest BCUT2D eigenvalue weighted by Gasteiger charge is -2.33. The summed E-state index contributed by atoms with van der Waals surface area (Å²) in [5.74, 6) is 0. The van der Waals surface area contributed by atoms with Crippen LogP contribution < -0.4 is 10.6 Å². The van der Waals surface area contributed by atoms with Crippen molar-refractivity contribution < 1.29 is 14.3 Å². The average Bonchev–Trinajstić information content (AvgIpc) is 2.86. The van der Waals surface area contributed by atoms with Gasteiger partial charge < -0.3 is 20.1 Å². The van der Waals surface area contributed by atoms with Crippen LogP contribution in [0.25, 0.3) is 0 Å². The van der Waals surface area contributed by atoms with Crippen LogP contribution in [0.2, 0.25) is 0 Å². The zero-order chi connectivity index (χ0) is 16.2. The Balaban J connectivity index is 1.68. The molecule has 2 aliphatic carbocycles. The quantitative estimate of drug-likeness (QED) is 0.838. The molecule has 0 heterocycles. The predicted octanol–water partition coefficient (Wildman–Crippen LogP) is 2.98.